The van der Waals surface area contributed by atoms with E-state index in [1.165, 1.54) is 53.1 Å². The first-order valence-corrected chi connectivity index (χ1v) is 49.7. The molecule has 2 aliphatic heterocycles. The van der Waals surface area contributed by atoms with Crippen molar-refractivity contribution in [3.05, 3.63) is 70.9 Å². The normalized spacial score (nSPS) is 31.4. The zero-order valence-corrected chi connectivity index (χ0v) is 51.9. The van der Waals surface area contributed by atoms with Gasteiger partial charge in [0.2, 0.25) is 8.32 Å². The molecular weight excluding hydrogens is 1010 g/mol. The first-order chi connectivity index (χ1) is 26.5. The van der Waals surface area contributed by atoms with Gasteiger partial charge in [-0.25, -0.2) is 0 Å². The van der Waals surface area contributed by atoms with Crippen molar-refractivity contribution < 1.29 is 61.0 Å². The summed E-state index contributed by atoms with van der Waals surface area (Å²) >= 11 is 24.5. The van der Waals surface area contributed by atoms with Crippen molar-refractivity contribution in [2.24, 2.45) is 0 Å². The molecule has 2 fully saturated rings. The Morgan fingerprint density at radius 2 is 0.850 bits per heavy atom. The molecular formula is C35H67Cl4LiO10Si10. The molecule has 0 spiro atoms. The molecule has 2 unspecified atom stereocenters. The summed E-state index contributed by atoms with van der Waals surface area (Å²) < 4.78 is 52.3. The van der Waals surface area contributed by atoms with E-state index >= 15 is 0 Å². The predicted molar refractivity (Wildman–Crippen MR) is 266 cm³/mol. The Bertz CT molecular complexity index is 1590. The number of hydrogen-bond acceptors (Lipinski definition) is 10. The first-order valence-electron chi connectivity index (χ1n) is 20.0. The van der Waals surface area contributed by atoms with Crippen LogP contribution < -0.4 is 34.0 Å². The van der Waals surface area contributed by atoms with Crippen molar-refractivity contribution in [2.45, 2.75) is 130 Å². The molecule has 0 amide bonds. The number of rotatable bonds is 5. The third-order valence-corrected chi connectivity index (χ3v) is 48.8. The van der Waals surface area contributed by atoms with Crippen LogP contribution in [-0.4, -0.2) is 89.5 Å². The molecule has 2 aliphatic carbocycles. The second kappa shape index (κ2) is 21.3. The second-order valence-electron chi connectivity index (χ2n) is 17.8. The summed E-state index contributed by atoms with van der Waals surface area (Å²) in [7, 11) is -22.7. The number of hydrogen-bond donors (Lipinski definition) is 0. The van der Waals surface area contributed by atoms with Gasteiger partial charge in [0.05, 0.1) is 0 Å². The smallest absolute Gasteiger partial charge is 0.855 e. The summed E-state index contributed by atoms with van der Waals surface area (Å²) in [4.78, 5) is 12.1. The molecule has 0 N–H and O–H groups in total. The maximum absolute atomic E-state index is 12.1. The van der Waals surface area contributed by atoms with Crippen LogP contribution in [0.1, 0.15) is 29.2 Å². The Morgan fingerprint density at radius 1 is 0.567 bits per heavy atom. The fourth-order valence-corrected chi connectivity index (χ4v) is 55.9. The van der Waals surface area contributed by atoms with E-state index in [-0.39, 0.29) is 18.9 Å². The maximum Gasteiger partial charge on any atom is 1.00 e. The summed E-state index contributed by atoms with van der Waals surface area (Å²) in [5.41, 5.74) is 7.86. The summed E-state index contributed by atoms with van der Waals surface area (Å²) in [6.07, 6.45) is 4.86. The van der Waals surface area contributed by atoms with Crippen molar-refractivity contribution in [2.75, 3.05) is 7.11 Å². The van der Waals surface area contributed by atoms with Crippen LogP contribution in [0.2, 0.25) is 97.7 Å². The van der Waals surface area contributed by atoms with Crippen LogP contribution in [0.25, 0.3) is 0 Å². The van der Waals surface area contributed by atoms with Crippen LogP contribution in [0.3, 0.4) is 0 Å². The quantitative estimate of drug-likeness (QED) is 0.260. The molecule has 2 aromatic rings. The summed E-state index contributed by atoms with van der Waals surface area (Å²) in [5, 5.41) is 2.43. The summed E-state index contributed by atoms with van der Waals surface area (Å²) in [6.45, 7) is 33.1. The third-order valence-electron chi connectivity index (χ3n) is 9.84. The van der Waals surface area contributed by atoms with E-state index in [4.69, 9.17) is 81.7 Å². The van der Waals surface area contributed by atoms with Crippen molar-refractivity contribution in [3.63, 3.8) is 0 Å². The van der Waals surface area contributed by atoms with Gasteiger partial charge in [0, 0.05) is 7.11 Å². The van der Waals surface area contributed by atoms with Crippen LogP contribution in [0.4, 0.5) is 0 Å². The molecule has 60 heavy (non-hydrogen) atoms. The van der Waals surface area contributed by atoms with Crippen LogP contribution >= 0.6 is 44.3 Å². The van der Waals surface area contributed by atoms with Gasteiger partial charge >= 0.3 is 84.6 Å². The molecule has 2 aromatic carbocycles. The largest absolute Gasteiger partial charge is 1.00 e. The Labute approximate surface area is 402 Å². The fraction of sp³-hybridized carbons (Fsp3) is 0.600. The molecule has 336 valence electrons. The van der Waals surface area contributed by atoms with Crippen molar-refractivity contribution in [1.29, 1.82) is 0 Å². The average Bonchev–Trinajstić information content (AvgIpc) is 2.97. The topological polar surface area (TPSA) is 106 Å². The monoisotopic (exact) mass is 1070 g/mol. The van der Waals surface area contributed by atoms with E-state index in [0.29, 0.717) is 0 Å². The number of halogens is 4. The fourth-order valence-electron chi connectivity index (χ4n) is 7.39. The number of fused-ring (bicyclic) bond motifs is 2. The van der Waals surface area contributed by atoms with Gasteiger partial charge in [-0.05, 0) is 147 Å². The standard InChI is InChI=1S/C12H16OSi.C11H15OSi.C8H24O4Si4.C4H12Cl4O4Si4.Li/c1-4-14(3,13-2)12-8-7-10-5-6-11(10)9-12;1-3-13(2,12)11-7-6-9-4-5-10(9)8-11;1-13(2)9-14(3,4)11-16(7,8)12-15(5,6)10-13;1-13(5)9-14(2,6)11-16(4,8)12-15(3,7)10-13;/h4,7-9H,1,5-6H2,2-3H3;6-8H,3-5H2,1-2H3;1-8H3;1-4H3;/q;-1;;;+1. The summed E-state index contributed by atoms with van der Waals surface area (Å²) in [6, 6.07) is 13.9. The number of aryl methyl sites for hydroxylation is 4. The molecule has 0 saturated carbocycles. The minimum atomic E-state index is -2.96. The van der Waals surface area contributed by atoms with Crippen molar-refractivity contribution in [3.8, 4) is 0 Å². The van der Waals surface area contributed by atoms with Crippen LogP contribution in [0.5, 0.6) is 0 Å². The van der Waals surface area contributed by atoms with Crippen LogP contribution in [0, 0.1) is 0 Å². The SMILES string of the molecule is C=C[Si](C)(OC)c1ccc2c(c1)CC2.CC[Si](C)([O-])c1ccc2c(c1)CC2.C[Si]1(C)O[Si](C)(C)O[Si](C)(C)O[Si](C)(C)O1.C[Si]1(Cl)O[Si](C)(Cl)O[Si](C)(Cl)O[Si](C)(Cl)O1.[Li+]. The van der Waals surface area contributed by atoms with E-state index in [1.54, 1.807) is 33.3 Å². The molecule has 0 radical (unpaired) electrons. The molecule has 0 aromatic heterocycles. The molecule has 2 atom stereocenters. The van der Waals surface area contributed by atoms with Gasteiger partial charge in [0.15, 0.2) is 0 Å². The summed E-state index contributed by atoms with van der Waals surface area (Å²) in [5.74, 6) is 0. The molecule has 0 bridgehead atoms. The van der Waals surface area contributed by atoms with Crippen LogP contribution in [-0.2, 0) is 63.0 Å². The molecule has 2 saturated heterocycles. The van der Waals surface area contributed by atoms with Gasteiger partial charge in [0.1, 0.15) is 0 Å². The number of benzene rings is 2. The molecule has 25 heteroatoms. The van der Waals surface area contributed by atoms with Gasteiger partial charge in [-0.15, -0.1) is 50.9 Å². The average molecular weight is 1080 g/mol. The zero-order chi connectivity index (χ0) is 45.3. The van der Waals surface area contributed by atoms with E-state index in [1.807, 2.05) is 19.2 Å². The van der Waals surface area contributed by atoms with Crippen molar-refractivity contribution in [1.82, 2.24) is 0 Å². The molecule has 10 nitrogen and oxygen atoms in total. The molecule has 2 heterocycles. The van der Waals surface area contributed by atoms with Gasteiger partial charge in [-0.3, -0.25) is 0 Å². The van der Waals surface area contributed by atoms with E-state index in [2.05, 4.69) is 102 Å². The van der Waals surface area contributed by atoms with Gasteiger partial charge in [-0.2, -0.15) is 0 Å². The Balaban J connectivity index is 0.000000275. The van der Waals surface area contributed by atoms with Gasteiger partial charge < -0.3 is 42.1 Å². The Morgan fingerprint density at radius 3 is 1.08 bits per heavy atom. The minimum Gasteiger partial charge on any atom is -0.855 e. The van der Waals surface area contributed by atoms with Crippen LogP contribution in [0.15, 0.2) is 48.7 Å². The van der Waals surface area contributed by atoms with Gasteiger partial charge in [0.25, 0.3) is 0 Å². The predicted octanol–water partition coefficient (Wildman–Crippen LogP) is 6.06. The second-order valence-corrected chi connectivity index (χ2v) is 57.8. The Kier molecular flexibility index (Phi) is 20.6. The molecule has 4 aliphatic rings. The zero-order valence-electron chi connectivity index (χ0n) is 38.9. The molecule has 6 rings (SSSR count). The minimum absolute atomic E-state index is 0. The van der Waals surface area contributed by atoms with E-state index in [9.17, 15) is 4.80 Å². The van der Waals surface area contributed by atoms with E-state index < -0.39 is 82.4 Å². The van der Waals surface area contributed by atoms with E-state index in [0.717, 1.165) is 11.2 Å². The Hall–Kier alpha value is 1.71. The van der Waals surface area contributed by atoms with Crippen molar-refractivity contribution >= 4 is 137 Å². The first kappa shape index (κ1) is 57.8. The maximum atomic E-state index is 12.1. The van der Waals surface area contributed by atoms with Gasteiger partial charge in [-0.1, -0.05) is 66.8 Å². The third kappa shape index (κ3) is 18.1.